The lowest BCUT2D eigenvalue weighted by atomic mass is 9.90. The highest BCUT2D eigenvalue weighted by Gasteiger charge is 2.42. The number of aromatic nitrogens is 2. The van der Waals surface area contributed by atoms with Gasteiger partial charge in [0.05, 0.1) is 37.4 Å². The van der Waals surface area contributed by atoms with Crippen LogP contribution in [0, 0.1) is 5.41 Å². The third kappa shape index (κ3) is 6.10. The molecule has 0 radical (unpaired) electrons. The van der Waals surface area contributed by atoms with Gasteiger partial charge in [-0.15, -0.1) is 0 Å². The Hall–Kier alpha value is -1.86. The Labute approximate surface area is 185 Å². The SMILES string of the molecule is CCCCCCCC[n+]1cccc(C2OCC3(COC(c4ccncc4)OC3)CO2)c1. The molecule has 0 atom stereocenters. The fraction of sp³-hybridized carbons (Fsp3) is 0.600. The molecule has 1 spiro atoms. The number of rotatable bonds is 9. The maximum Gasteiger partial charge on any atom is 0.189 e. The summed E-state index contributed by atoms with van der Waals surface area (Å²) in [5.74, 6) is 0. The minimum absolute atomic E-state index is 0.247. The fourth-order valence-corrected chi connectivity index (χ4v) is 4.16. The summed E-state index contributed by atoms with van der Waals surface area (Å²) in [5.41, 5.74) is 1.80. The van der Waals surface area contributed by atoms with Gasteiger partial charge in [-0.3, -0.25) is 4.98 Å². The van der Waals surface area contributed by atoms with Gasteiger partial charge in [-0.2, -0.15) is 0 Å². The van der Waals surface area contributed by atoms with Crippen molar-refractivity contribution >= 4 is 0 Å². The van der Waals surface area contributed by atoms with E-state index in [0.29, 0.717) is 26.4 Å². The summed E-state index contributed by atoms with van der Waals surface area (Å²) in [7, 11) is 0. The van der Waals surface area contributed by atoms with E-state index in [1.807, 2.05) is 12.1 Å². The van der Waals surface area contributed by atoms with E-state index in [9.17, 15) is 0 Å². The molecule has 4 heterocycles. The Morgan fingerprint density at radius 3 is 2.13 bits per heavy atom. The van der Waals surface area contributed by atoms with E-state index >= 15 is 0 Å². The lowest BCUT2D eigenvalue weighted by Gasteiger charge is -2.43. The molecule has 31 heavy (non-hydrogen) atoms. The molecule has 0 aliphatic carbocycles. The molecule has 2 fully saturated rings. The van der Waals surface area contributed by atoms with Crippen LogP contribution in [0.4, 0.5) is 0 Å². The van der Waals surface area contributed by atoms with Gasteiger partial charge in [-0.1, -0.05) is 32.6 Å². The maximum absolute atomic E-state index is 6.12. The second-order valence-electron chi connectivity index (χ2n) is 8.83. The minimum Gasteiger partial charge on any atom is -0.348 e. The fourth-order valence-electron chi connectivity index (χ4n) is 4.16. The van der Waals surface area contributed by atoms with Gasteiger partial charge < -0.3 is 18.9 Å². The molecule has 2 aromatic rings. The second-order valence-corrected chi connectivity index (χ2v) is 8.83. The Bertz CT molecular complexity index is 783. The normalized spacial score (nSPS) is 26.2. The van der Waals surface area contributed by atoms with E-state index in [1.54, 1.807) is 12.4 Å². The smallest absolute Gasteiger partial charge is 0.189 e. The Balaban J connectivity index is 1.24. The molecule has 0 bridgehead atoms. The average molecular weight is 428 g/mol. The monoisotopic (exact) mass is 427 g/mol. The third-order valence-electron chi connectivity index (χ3n) is 6.06. The average Bonchev–Trinajstić information content (AvgIpc) is 2.83. The second kappa shape index (κ2) is 11.1. The van der Waals surface area contributed by atoms with Crippen LogP contribution in [-0.2, 0) is 25.5 Å². The van der Waals surface area contributed by atoms with Crippen molar-refractivity contribution in [3.05, 3.63) is 60.2 Å². The molecule has 2 aliphatic rings. The first-order valence-electron chi connectivity index (χ1n) is 11.6. The number of nitrogens with zero attached hydrogens (tertiary/aromatic N) is 2. The Morgan fingerprint density at radius 2 is 1.45 bits per heavy atom. The van der Waals surface area contributed by atoms with Crippen LogP contribution < -0.4 is 4.57 Å². The zero-order valence-corrected chi connectivity index (χ0v) is 18.6. The predicted octanol–water partition coefficient (Wildman–Crippen LogP) is 4.51. The number of unbranched alkanes of at least 4 members (excludes halogenated alkanes) is 5. The minimum atomic E-state index is -0.346. The molecular weight excluding hydrogens is 392 g/mol. The maximum atomic E-state index is 6.12. The van der Waals surface area contributed by atoms with Crippen LogP contribution in [0.2, 0.25) is 0 Å². The van der Waals surface area contributed by atoms with E-state index in [4.69, 9.17) is 18.9 Å². The standard InChI is InChI=1S/C25H35N2O4/c1-2-3-4-5-6-7-14-27-15-8-9-22(16-27)24-30-19-25(20-31-24)17-28-23(29-18-25)21-10-12-26-13-11-21/h8-13,15-16,23-24H,2-7,14,17-20H2,1H3/q+1. The molecule has 2 aliphatic heterocycles. The van der Waals surface area contributed by atoms with Crippen molar-refractivity contribution in [1.29, 1.82) is 0 Å². The molecule has 0 saturated carbocycles. The van der Waals surface area contributed by atoms with Crippen LogP contribution in [0.5, 0.6) is 0 Å². The molecule has 4 rings (SSSR count). The lowest BCUT2D eigenvalue weighted by Crippen LogP contribution is -2.49. The van der Waals surface area contributed by atoms with Crippen molar-refractivity contribution in [1.82, 2.24) is 4.98 Å². The van der Waals surface area contributed by atoms with Crippen LogP contribution in [0.15, 0.2) is 49.1 Å². The van der Waals surface area contributed by atoms with Crippen LogP contribution in [-0.4, -0.2) is 31.4 Å². The Morgan fingerprint density at radius 1 is 0.839 bits per heavy atom. The van der Waals surface area contributed by atoms with Gasteiger partial charge in [0, 0.05) is 30.4 Å². The van der Waals surface area contributed by atoms with Crippen molar-refractivity contribution in [3.63, 3.8) is 0 Å². The molecule has 6 nitrogen and oxygen atoms in total. The first-order valence-corrected chi connectivity index (χ1v) is 11.6. The van der Waals surface area contributed by atoms with E-state index in [1.165, 1.54) is 38.5 Å². The van der Waals surface area contributed by atoms with Gasteiger partial charge in [0.2, 0.25) is 0 Å². The van der Waals surface area contributed by atoms with Crippen LogP contribution in [0.25, 0.3) is 0 Å². The van der Waals surface area contributed by atoms with Crippen LogP contribution >= 0.6 is 0 Å². The number of ether oxygens (including phenoxy) is 4. The van der Waals surface area contributed by atoms with Crippen molar-refractivity contribution in [3.8, 4) is 0 Å². The highest BCUT2D eigenvalue weighted by Crippen LogP contribution is 2.37. The van der Waals surface area contributed by atoms with Crippen molar-refractivity contribution < 1.29 is 23.5 Å². The molecule has 0 N–H and O–H groups in total. The van der Waals surface area contributed by atoms with Gasteiger partial charge in [0.15, 0.2) is 25.0 Å². The summed E-state index contributed by atoms with van der Waals surface area (Å²) < 4.78 is 26.4. The van der Waals surface area contributed by atoms with E-state index in [0.717, 1.165) is 17.7 Å². The topological polar surface area (TPSA) is 53.7 Å². The molecule has 2 aromatic heterocycles. The summed E-state index contributed by atoms with van der Waals surface area (Å²) in [4.78, 5) is 4.05. The number of pyridine rings is 2. The zero-order chi connectivity index (χ0) is 21.4. The summed E-state index contributed by atoms with van der Waals surface area (Å²) in [6.07, 6.45) is 14.9. The summed E-state index contributed by atoms with van der Waals surface area (Å²) in [5, 5.41) is 0. The first kappa shape index (κ1) is 22.3. The molecule has 168 valence electrons. The predicted molar refractivity (Wildman–Crippen MR) is 116 cm³/mol. The van der Waals surface area contributed by atoms with Crippen molar-refractivity contribution in [2.24, 2.45) is 5.41 Å². The van der Waals surface area contributed by atoms with Gasteiger partial charge in [-0.05, 0) is 24.6 Å². The van der Waals surface area contributed by atoms with Crippen molar-refractivity contribution in [2.75, 3.05) is 26.4 Å². The van der Waals surface area contributed by atoms with Gasteiger partial charge in [-0.25, -0.2) is 4.57 Å². The summed E-state index contributed by atoms with van der Waals surface area (Å²) in [6, 6.07) is 7.99. The highest BCUT2D eigenvalue weighted by molar-refractivity contribution is 5.12. The number of hydrogen-bond donors (Lipinski definition) is 0. The third-order valence-corrected chi connectivity index (χ3v) is 6.06. The molecule has 6 heteroatoms. The number of hydrogen-bond acceptors (Lipinski definition) is 5. The van der Waals surface area contributed by atoms with E-state index < -0.39 is 0 Å². The zero-order valence-electron chi connectivity index (χ0n) is 18.6. The molecule has 0 unspecified atom stereocenters. The van der Waals surface area contributed by atoms with Crippen molar-refractivity contribution in [2.45, 2.75) is 64.6 Å². The molecular formula is C25H35N2O4+. The van der Waals surface area contributed by atoms with Gasteiger partial charge >= 0.3 is 0 Å². The summed E-state index contributed by atoms with van der Waals surface area (Å²) in [6.45, 7) is 5.53. The van der Waals surface area contributed by atoms with Crippen LogP contribution in [0.1, 0.15) is 69.2 Å². The largest absolute Gasteiger partial charge is 0.348 e. The number of aryl methyl sites for hydroxylation is 1. The van der Waals surface area contributed by atoms with E-state index in [2.05, 4.69) is 41.0 Å². The molecule has 0 aromatic carbocycles. The summed E-state index contributed by atoms with van der Waals surface area (Å²) >= 11 is 0. The highest BCUT2D eigenvalue weighted by atomic mass is 16.7. The van der Waals surface area contributed by atoms with Gasteiger partial charge in [0.1, 0.15) is 6.54 Å². The van der Waals surface area contributed by atoms with Crippen LogP contribution in [0.3, 0.4) is 0 Å². The quantitative estimate of drug-likeness (QED) is 0.435. The lowest BCUT2D eigenvalue weighted by molar-refractivity contribution is -0.698. The van der Waals surface area contributed by atoms with E-state index in [-0.39, 0.29) is 18.0 Å². The molecule has 2 saturated heterocycles. The molecule has 0 amide bonds. The first-order chi connectivity index (χ1) is 15.3. The Kier molecular flexibility index (Phi) is 8.03. The van der Waals surface area contributed by atoms with Gasteiger partial charge in [0.25, 0.3) is 0 Å².